The molecule has 0 atom stereocenters. The second-order valence-electron chi connectivity index (χ2n) is 7.46. The van der Waals surface area contributed by atoms with Gasteiger partial charge >= 0.3 is 5.97 Å². The largest absolute Gasteiger partial charge is 0.487 e. The number of fused-ring (bicyclic) bond motifs is 1. The van der Waals surface area contributed by atoms with E-state index in [9.17, 15) is 4.79 Å². The second-order valence-corrected chi connectivity index (χ2v) is 7.46. The van der Waals surface area contributed by atoms with Crippen LogP contribution in [-0.2, 0) is 29.2 Å². The number of carboxylic acids is 1. The first kappa shape index (κ1) is 22.0. The monoisotopic (exact) mass is 444 g/mol. The Morgan fingerprint density at radius 2 is 2.09 bits per heavy atom. The van der Waals surface area contributed by atoms with E-state index in [-0.39, 0.29) is 6.61 Å². The van der Waals surface area contributed by atoms with Gasteiger partial charge in [0.1, 0.15) is 19.0 Å². The Balaban J connectivity index is 1.62. The van der Waals surface area contributed by atoms with Gasteiger partial charge in [-0.2, -0.15) is 0 Å². The van der Waals surface area contributed by atoms with Gasteiger partial charge in [-0.05, 0) is 54.4 Å². The number of hydrogen-bond donors (Lipinski definition) is 1. The van der Waals surface area contributed by atoms with Crippen LogP contribution in [0.15, 0.2) is 72.3 Å². The van der Waals surface area contributed by atoms with Crippen LogP contribution in [0.4, 0.5) is 0 Å². The van der Waals surface area contributed by atoms with Gasteiger partial charge in [0.15, 0.2) is 6.21 Å². The second kappa shape index (κ2) is 10.4. The standard InChI is InChI=1S/C25H24N4O4/c1-18-22(9-12-33-28-15-25(30)31)23-13-21(32-17-20-6-2-3-11-27-20)7-8-24(23)29(18)16-19-5-4-10-26-14-19/h2-8,10-11,13-15H,9,12,16-17H2,1H3,(H,30,31). The molecule has 0 saturated heterocycles. The SMILES string of the molecule is Cc1c(CCON=CC(=O)O)c2cc(OCc3ccccn3)ccc2n1Cc1cccnc1. The van der Waals surface area contributed by atoms with E-state index in [1.807, 2.05) is 48.7 Å². The normalized spacial score (nSPS) is 11.2. The molecule has 0 aliphatic heterocycles. The molecule has 0 saturated carbocycles. The van der Waals surface area contributed by atoms with Crippen molar-refractivity contribution in [3.05, 3.63) is 89.6 Å². The van der Waals surface area contributed by atoms with Crippen LogP contribution < -0.4 is 4.74 Å². The summed E-state index contributed by atoms with van der Waals surface area (Å²) >= 11 is 0. The first-order valence-electron chi connectivity index (χ1n) is 10.5. The average Bonchev–Trinajstić information content (AvgIpc) is 3.09. The van der Waals surface area contributed by atoms with Crippen LogP contribution in [0.1, 0.15) is 22.5 Å². The summed E-state index contributed by atoms with van der Waals surface area (Å²) in [5.74, 6) is -0.397. The molecule has 0 unspecified atom stereocenters. The number of pyridine rings is 2. The summed E-state index contributed by atoms with van der Waals surface area (Å²) in [4.78, 5) is 24.3. The van der Waals surface area contributed by atoms with Gasteiger partial charge in [0.25, 0.3) is 0 Å². The third kappa shape index (κ3) is 5.54. The number of hydrogen-bond acceptors (Lipinski definition) is 6. The van der Waals surface area contributed by atoms with Crippen molar-refractivity contribution in [1.29, 1.82) is 0 Å². The van der Waals surface area contributed by atoms with Crippen LogP contribution in [0.2, 0.25) is 0 Å². The van der Waals surface area contributed by atoms with Crippen LogP contribution in [0.3, 0.4) is 0 Å². The minimum Gasteiger partial charge on any atom is -0.487 e. The molecule has 168 valence electrons. The van der Waals surface area contributed by atoms with E-state index in [0.717, 1.165) is 45.4 Å². The number of aliphatic carboxylic acids is 1. The molecule has 8 heteroatoms. The van der Waals surface area contributed by atoms with E-state index in [1.54, 1.807) is 12.4 Å². The van der Waals surface area contributed by atoms with Gasteiger partial charge in [-0.25, -0.2) is 4.79 Å². The van der Waals surface area contributed by atoms with Crippen molar-refractivity contribution in [2.24, 2.45) is 5.16 Å². The summed E-state index contributed by atoms with van der Waals surface area (Å²) in [6, 6.07) is 15.7. The van der Waals surface area contributed by atoms with Crippen molar-refractivity contribution in [1.82, 2.24) is 14.5 Å². The minimum atomic E-state index is -1.14. The lowest BCUT2D eigenvalue weighted by Gasteiger charge is -2.09. The van der Waals surface area contributed by atoms with Gasteiger partial charge in [0.05, 0.1) is 5.69 Å². The molecule has 1 aromatic carbocycles. The first-order chi connectivity index (χ1) is 16.1. The van der Waals surface area contributed by atoms with Crippen molar-refractivity contribution in [2.75, 3.05) is 6.61 Å². The molecule has 0 aliphatic rings. The quantitative estimate of drug-likeness (QED) is 0.226. The lowest BCUT2D eigenvalue weighted by atomic mass is 10.1. The lowest BCUT2D eigenvalue weighted by molar-refractivity contribution is -0.129. The summed E-state index contributed by atoms with van der Waals surface area (Å²) in [7, 11) is 0. The van der Waals surface area contributed by atoms with E-state index in [4.69, 9.17) is 14.7 Å². The van der Waals surface area contributed by atoms with E-state index < -0.39 is 5.97 Å². The van der Waals surface area contributed by atoms with Gasteiger partial charge in [-0.1, -0.05) is 17.3 Å². The zero-order valence-corrected chi connectivity index (χ0v) is 18.2. The van der Waals surface area contributed by atoms with Crippen LogP contribution in [0.25, 0.3) is 10.9 Å². The summed E-state index contributed by atoms with van der Waals surface area (Å²) in [6.07, 6.45) is 6.68. The first-order valence-corrected chi connectivity index (χ1v) is 10.5. The summed E-state index contributed by atoms with van der Waals surface area (Å²) < 4.78 is 8.23. The maximum absolute atomic E-state index is 10.6. The zero-order chi connectivity index (χ0) is 23.0. The lowest BCUT2D eigenvalue weighted by Crippen LogP contribution is -2.04. The van der Waals surface area contributed by atoms with Crippen molar-refractivity contribution < 1.29 is 19.5 Å². The number of benzene rings is 1. The highest BCUT2D eigenvalue weighted by Gasteiger charge is 2.16. The van der Waals surface area contributed by atoms with E-state index in [2.05, 4.69) is 32.7 Å². The summed E-state index contributed by atoms with van der Waals surface area (Å²) in [6.45, 7) is 3.39. The summed E-state index contributed by atoms with van der Waals surface area (Å²) in [5.41, 5.74) is 5.23. The molecule has 0 radical (unpaired) electrons. The summed E-state index contributed by atoms with van der Waals surface area (Å²) in [5, 5.41) is 13.2. The predicted molar refractivity (Wildman–Crippen MR) is 124 cm³/mol. The Kier molecular flexibility index (Phi) is 6.94. The van der Waals surface area contributed by atoms with Crippen molar-refractivity contribution in [3.63, 3.8) is 0 Å². The smallest absolute Gasteiger partial charge is 0.350 e. The van der Waals surface area contributed by atoms with Crippen LogP contribution in [0, 0.1) is 6.92 Å². The van der Waals surface area contributed by atoms with Crippen molar-refractivity contribution in [3.8, 4) is 5.75 Å². The number of aromatic nitrogens is 3. The van der Waals surface area contributed by atoms with Gasteiger partial charge in [0, 0.05) is 48.2 Å². The molecular weight excluding hydrogens is 420 g/mol. The highest BCUT2D eigenvalue weighted by atomic mass is 16.6. The molecule has 0 fully saturated rings. The molecule has 3 heterocycles. The number of carbonyl (C=O) groups is 1. The molecule has 0 bridgehead atoms. The van der Waals surface area contributed by atoms with Gasteiger partial charge in [-0.3, -0.25) is 9.97 Å². The van der Waals surface area contributed by atoms with E-state index in [1.165, 1.54) is 0 Å². The molecule has 33 heavy (non-hydrogen) atoms. The van der Waals surface area contributed by atoms with Crippen LogP contribution in [0.5, 0.6) is 5.75 Å². The Morgan fingerprint density at radius 3 is 2.85 bits per heavy atom. The Morgan fingerprint density at radius 1 is 1.18 bits per heavy atom. The Labute approximate surface area is 191 Å². The molecule has 0 aliphatic carbocycles. The maximum atomic E-state index is 10.6. The third-order valence-electron chi connectivity index (χ3n) is 5.28. The topological polar surface area (TPSA) is 98.8 Å². The number of rotatable bonds is 10. The Hall–Kier alpha value is -4.20. The highest BCUT2D eigenvalue weighted by Crippen LogP contribution is 2.31. The number of oxime groups is 1. The number of carboxylic acid groups (broad SMARTS) is 1. The number of ether oxygens (including phenoxy) is 1. The van der Waals surface area contributed by atoms with E-state index in [0.29, 0.717) is 19.6 Å². The molecule has 0 amide bonds. The predicted octanol–water partition coefficient (Wildman–Crippen LogP) is 4.00. The van der Waals surface area contributed by atoms with Gasteiger partial charge in [0.2, 0.25) is 0 Å². The zero-order valence-electron chi connectivity index (χ0n) is 18.2. The highest BCUT2D eigenvalue weighted by molar-refractivity contribution is 6.21. The Bertz CT molecular complexity index is 1250. The van der Waals surface area contributed by atoms with Crippen molar-refractivity contribution in [2.45, 2.75) is 26.5 Å². The third-order valence-corrected chi connectivity index (χ3v) is 5.28. The maximum Gasteiger partial charge on any atom is 0.350 e. The van der Waals surface area contributed by atoms with Crippen LogP contribution in [-0.4, -0.2) is 38.4 Å². The molecule has 3 aromatic heterocycles. The molecular formula is C25H24N4O4. The molecule has 0 spiro atoms. The van der Waals surface area contributed by atoms with Crippen LogP contribution >= 0.6 is 0 Å². The fourth-order valence-electron chi connectivity index (χ4n) is 3.74. The molecule has 4 rings (SSSR count). The molecule has 1 N–H and O–H groups in total. The molecule has 4 aromatic rings. The fourth-order valence-corrected chi connectivity index (χ4v) is 3.74. The van der Waals surface area contributed by atoms with Gasteiger partial charge in [-0.15, -0.1) is 0 Å². The number of nitrogens with zero attached hydrogens (tertiary/aromatic N) is 4. The fraction of sp³-hybridized carbons (Fsp3) is 0.200. The van der Waals surface area contributed by atoms with Gasteiger partial charge < -0.3 is 19.2 Å². The minimum absolute atomic E-state index is 0.260. The van der Waals surface area contributed by atoms with Crippen molar-refractivity contribution >= 4 is 23.1 Å². The molecule has 8 nitrogen and oxygen atoms in total. The average molecular weight is 444 g/mol. The van der Waals surface area contributed by atoms with E-state index >= 15 is 0 Å².